The normalized spacial score (nSPS) is 11.7. The summed E-state index contributed by atoms with van der Waals surface area (Å²) in [5.41, 5.74) is 5.37. The van der Waals surface area contributed by atoms with Gasteiger partial charge in [0.15, 0.2) is 0 Å². The molecule has 0 bridgehead atoms. The van der Waals surface area contributed by atoms with E-state index in [9.17, 15) is 18.0 Å². The number of carbonyl (C=O) groups excluding carboxylic acids is 1. The number of nitrogens with two attached hydrogens (primary N) is 1. The summed E-state index contributed by atoms with van der Waals surface area (Å²) in [7, 11) is 0. The molecule has 0 fully saturated rings. The molecule has 0 unspecified atom stereocenters. The highest BCUT2D eigenvalue weighted by atomic mass is 19.4. The van der Waals surface area contributed by atoms with Crippen LogP contribution in [0.25, 0.3) is 0 Å². The number of amides is 1. The van der Waals surface area contributed by atoms with Gasteiger partial charge in [0.1, 0.15) is 18.1 Å². The topological polar surface area (TPSA) is 59.5 Å². The highest BCUT2D eigenvalue weighted by molar-refractivity contribution is 5.95. The third-order valence-corrected chi connectivity index (χ3v) is 2.33. The van der Waals surface area contributed by atoms with Gasteiger partial charge in [0.2, 0.25) is 0 Å². The number of hydrogen-bond donors (Lipinski definition) is 1. The quantitative estimate of drug-likeness (QED) is 0.903. The van der Waals surface area contributed by atoms with Gasteiger partial charge in [0.05, 0.1) is 5.56 Å². The third kappa shape index (κ3) is 3.76. The van der Waals surface area contributed by atoms with E-state index in [1.807, 2.05) is 0 Å². The molecule has 0 aliphatic carbocycles. The van der Waals surface area contributed by atoms with Crippen molar-refractivity contribution in [3.05, 3.63) is 23.2 Å². The van der Waals surface area contributed by atoms with Crippen LogP contribution in [0, 0.1) is 13.8 Å². The molecule has 1 rings (SSSR count). The maximum absolute atomic E-state index is 12.4. The van der Waals surface area contributed by atoms with E-state index in [1.165, 1.54) is 13.0 Å². The van der Waals surface area contributed by atoms with Gasteiger partial charge in [-0.3, -0.25) is 4.79 Å². The summed E-state index contributed by atoms with van der Waals surface area (Å²) in [4.78, 5) is 12.6. The molecule has 0 aliphatic rings. The zero-order valence-corrected chi connectivity index (χ0v) is 10.2. The van der Waals surface area contributed by atoms with Gasteiger partial charge in [0, 0.05) is 13.1 Å². The summed E-state index contributed by atoms with van der Waals surface area (Å²) in [5, 5.41) is 0. The first-order valence-electron chi connectivity index (χ1n) is 5.37. The first-order chi connectivity index (χ1) is 8.24. The third-order valence-electron chi connectivity index (χ3n) is 2.33. The average Bonchev–Trinajstić information content (AvgIpc) is 2.54. The summed E-state index contributed by atoms with van der Waals surface area (Å²) in [5.74, 6) is 0.0735. The second-order valence-electron chi connectivity index (χ2n) is 3.96. The molecule has 7 heteroatoms. The standard InChI is InChI=1S/C11H15F3N2O2/c1-7-5-9(8(2)18-7)10(17)16(4-3-15)6-11(12,13)14/h5H,3-4,6,15H2,1-2H3. The van der Waals surface area contributed by atoms with Crippen LogP contribution in [0.4, 0.5) is 13.2 Å². The van der Waals surface area contributed by atoms with E-state index >= 15 is 0 Å². The number of furan rings is 1. The molecule has 1 heterocycles. The van der Waals surface area contributed by atoms with Crippen molar-refractivity contribution in [2.75, 3.05) is 19.6 Å². The SMILES string of the molecule is Cc1cc(C(=O)N(CCN)CC(F)(F)F)c(C)o1. The lowest BCUT2D eigenvalue weighted by Gasteiger charge is -2.23. The van der Waals surface area contributed by atoms with Crippen LogP contribution in [0.15, 0.2) is 10.5 Å². The molecule has 4 nitrogen and oxygen atoms in total. The molecule has 18 heavy (non-hydrogen) atoms. The average molecular weight is 264 g/mol. The lowest BCUT2D eigenvalue weighted by atomic mass is 10.2. The van der Waals surface area contributed by atoms with Gasteiger partial charge in [-0.05, 0) is 19.9 Å². The summed E-state index contributed by atoms with van der Waals surface area (Å²) in [6.45, 7) is 1.67. The van der Waals surface area contributed by atoms with Crippen LogP contribution in [-0.2, 0) is 0 Å². The van der Waals surface area contributed by atoms with Gasteiger partial charge in [-0.25, -0.2) is 0 Å². The molecular weight excluding hydrogens is 249 g/mol. The molecule has 0 radical (unpaired) electrons. The van der Waals surface area contributed by atoms with Crippen LogP contribution < -0.4 is 5.73 Å². The predicted octanol–water partition coefficient (Wildman–Crippen LogP) is 1.86. The fraction of sp³-hybridized carbons (Fsp3) is 0.545. The molecule has 102 valence electrons. The van der Waals surface area contributed by atoms with Gasteiger partial charge in [-0.2, -0.15) is 13.2 Å². The minimum atomic E-state index is -4.45. The minimum Gasteiger partial charge on any atom is -0.466 e. The monoisotopic (exact) mass is 264 g/mol. The van der Waals surface area contributed by atoms with Crippen molar-refractivity contribution in [2.24, 2.45) is 5.73 Å². The van der Waals surface area contributed by atoms with Crippen LogP contribution in [0.3, 0.4) is 0 Å². The Morgan fingerprint density at radius 2 is 2.06 bits per heavy atom. The van der Waals surface area contributed by atoms with Crippen LogP contribution in [0.1, 0.15) is 21.9 Å². The first-order valence-corrected chi connectivity index (χ1v) is 5.37. The van der Waals surface area contributed by atoms with E-state index in [4.69, 9.17) is 10.2 Å². The number of nitrogens with zero attached hydrogens (tertiary/aromatic N) is 1. The van der Waals surface area contributed by atoms with E-state index in [1.54, 1.807) is 6.92 Å². The first kappa shape index (κ1) is 14.6. The largest absolute Gasteiger partial charge is 0.466 e. The highest BCUT2D eigenvalue weighted by Gasteiger charge is 2.33. The second-order valence-corrected chi connectivity index (χ2v) is 3.96. The molecule has 0 aliphatic heterocycles. The number of carbonyl (C=O) groups is 1. The minimum absolute atomic E-state index is 0.0301. The summed E-state index contributed by atoms with van der Waals surface area (Å²) in [6, 6.07) is 1.43. The Balaban J connectivity index is 2.92. The maximum Gasteiger partial charge on any atom is 0.406 e. The fourth-order valence-corrected chi connectivity index (χ4v) is 1.64. The van der Waals surface area contributed by atoms with Gasteiger partial charge >= 0.3 is 6.18 Å². The molecule has 0 saturated carbocycles. The highest BCUT2D eigenvalue weighted by Crippen LogP contribution is 2.20. The number of alkyl halides is 3. The van der Waals surface area contributed by atoms with E-state index < -0.39 is 18.6 Å². The van der Waals surface area contributed by atoms with Gasteiger partial charge in [-0.15, -0.1) is 0 Å². The molecule has 0 spiro atoms. The van der Waals surface area contributed by atoms with E-state index in [2.05, 4.69) is 0 Å². The summed E-state index contributed by atoms with van der Waals surface area (Å²) < 4.78 is 42.2. The zero-order valence-electron chi connectivity index (χ0n) is 10.2. The Hall–Kier alpha value is -1.50. The molecule has 1 aromatic heterocycles. The van der Waals surface area contributed by atoms with Gasteiger partial charge in [-0.1, -0.05) is 0 Å². The van der Waals surface area contributed by atoms with Crippen molar-refractivity contribution in [3.63, 3.8) is 0 Å². The Morgan fingerprint density at radius 3 is 2.44 bits per heavy atom. The Morgan fingerprint density at radius 1 is 1.44 bits per heavy atom. The number of rotatable bonds is 4. The van der Waals surface area contributed by atoms with Crippen LogP contribution >= 0.6 is 0 Å². The molecule has 0 aromatic carbocycles. The van der Waals surface area contributed by atoms with Crippen molar-refractivity contribution in [1.82, 2.24) is 4.90 Å². The Kier molecular flexibility index (Phi) is 4.39. The predicted molar refractivity (Wildman–Crippen MR) is 59.2 cm³/mol. The lowest BCUT2D eigenvalue weighted by molar-refractivity contribution is -0.140. The smallest absolute Gasteiger partial charge is 0.406 e. The maximum atomic E-state index is 12.4. The molecule has 1 aromatic rings. The summed E-state index contributed by atoms with van der Waals surface area (Å²) >= 11 is 0. The molecule has 2 N–H and O–H groups in total. The Labute approximate surface area is 103 Å². The van der Waals surface area contributed by atoms with Gasteiger partial charge in [0.25, 0.3) is 5.91 Å². The van der Waals surface area contributed by atoms with E-state index in [0.717, 1.165) is 0 Å². The van der Waals surface area contributed by atoms with E-state index in [-0.39, 0.29) is 18.7 Å². The van der Waals surface area contributed by atoms with Crippen molar-refractivity contribution >= 4 is 5.91 Å². The molecule has 1 amide bonds. The van der Waals surface area contributed by atoms with Crippen molar-refractivity contribution < 1.29 is 22.4 Å². The molecule has 0 saturated heterocycles. The number of hydrogen-bond acceptors (Lipinski definition) is 3. The van der Waals surface area contributed by atoms with E-state index in [0.29, 0.717) is 16.4 Å². The Bertz CT molecular complexity index is 426. The molecular formula is C11H15F3N2O2. The second kappa shape index (κ2) is 5.43. The van der Waals surface area contributed by atoms with Crippen molar-refractivity contribution in [1.29, 1.82) is 0 Å². The van der Waals surface area contributed by atoms with Crippen molar-refractivity contribution in [3.8, 4) is 0 Å². The number of aryl methyl sites for hydroxylation is 2. The fourth-order valence-electron chi connectivity index (χ4n) is 1.64. The summed E-state index contributed by atoms with van der Waals surface area (Å²) in [6.07, 6.45) is -4.45. The number of halogens is 3. The van der Waals surface area contributed by atoms with Crippen LogP contribution in [0.2, 0.25) is 0 Å². The van der Waals surface area contributed by atoms with Gasteiger partial charge < -0.3 is 15.1 Å². The lowest BCUT2D eigenvalue weighted by Crippen LogP contribution is -2.41. The van der Waals surface area contributed by atoms with Crippen LogP contribution in [-0.4, -0.2) is 36.6 Å². The zero-order chi connectivity index (χ0) is 13.9. The molecule has 0 atom stereocenters. The van der Waals surface area contributed by atoms with Crippen molar-refractivity contribution in [2.45, 2.75) is 20.0 Å². The van der Waals surface area contributed by atoms with Crippen LogP contribution in [0.5, 0.6) is 0 Å².